The Kier molecular flexibility index (Phi) is 4.50. The number of nitrogens with zero attached hydrogens (tertiary/aromatic N) is 1. The minimum atomic E-state index is -0.976. The highest BCUT2D eigenvalue weighted by atomic mass is 16.6. The van der Waals surface area contributed by atoms with E-state index in [0.717, 1.165) is 18.4 Å². The van der Waals surface area contributed by atoms with Crippen molar-refractivity contribution in [2.75, 3.05) is 6.54 Å². The summed E-state index contributed by atoms with van der Waals surface area (Å²) in [5.41, 5.74) is 0.435. The maximum Gasteiger partial charge on any atom is 0.410 e. The minimum absolute atomic E-state index is 0.156. The maximum absolute atomic E-state index is 12.2. The summed E-state index contributed by atoms with van der Waals surface area (Å²) < 4.78 is 5.26. The topological polar surface area (TPSA) is 66.8 Å². The lowest BCUT2D eigenvalue weighted by molar-refractivity contribution is -0.149. The largest absolute Gasteiger partial charge is 0.480 e. The van der Waals surface area contributed by atoms with Crippen molar-refractivity contribution in [3.8, 4) is 0 Å². The molecule has 1 amide bonds. The smallest absolute Gasteiger partial charge is 0.410 e. The number of ether oxygens (including phenoxy) is 1. The van der Waals surface area contributed by atoms with Crippen molar-refractivity contribution >= 4 is 12.1 Å². The van der Waals surface area contributed by atoms with Gasteiger partial charge in [0.2, 0.25) is 0 Å². The van der Waals surface area contributed by atoms with Crippen LogP contribution >= 0.6 is 0 Å². The highest BCUT2D eigenvalue weighted by molar-refractivity contribution is 5.81. The Labute approximate surface area is 124 Å². The van der Waals surface area contributed by atoms with Crippen LogP contribution in [-0.2, 0) is 16.1 Å². The van der Waals surface area contributed by atoms with Crippen LogP contribution in [0.3, 0.4) is 0 Å². The van der Waals surface area contributed by atoms with Crippen molar-refractivity contribution in [1.29, 1.82) is 0 Å². The van der Waals surface area contributed by atoms with Crippen LogP contribution in [0.1, 0.15) is 32.3 Å². The lowest BCUT2D eigenvalue weighted by atomic mass is 9.76. The molecule has 1 N–H and O–H groups in total. The standard InChI is InChI=1S/C16H21NO4/c1-16(2)9-6-10-17(13(16)14(18)19)15(20)21-11-12-7-4-3-5-8-12/h3-5,7-8,13H,6,9-11H2,1-2H3,(H,18,19). The molecule has 0 saturated carbocycles. The summed E-state index contributed by atoms with van der Waals surface area (Å²) in [4.78, 5) is 25.1. The molecule has 1 aliphatic heterocycles. The predicted octanol–water partition coefficient (Wildman–Crippen LogP) is 2.90. The van der Waals surface area contributed by atoms with E-state index in [1.807, 2.05) is 44.2 Å². The SMILES string of the molecule is CC1(C)CCCN(C(=O)OCc2ccccc2)C1C(=O)O. The van der Waals surface area contributed by atoms with Crippen LogP contribution in [0.4, 0.5) is 4.79 Å². The number of carbonyl (C=O) groups is 2. The van der Waals surface area contributed by atoms with E-state index < -0.39 is 23.5 Å². The summed E-state index contributed by atoms with van der Waals surface area (Å²) in [6.45, 7) is 4.34. The molecule has 21 heavy (non-hydrogen) atoms. The second-order valence-corrected chi connectivity index (χ2v) is 6.07. The average Bonchev–Trinajstić information content (AvgIpc) is 2.44. The first-order valence-electron chi connectivity index (χ1n) is 7.12. The number of likely N-dealkylation sites (tertiary alicyclic amines) is 1. The monoisotopic (exact) mass is 291 g/mol. The number of amides is 1. The van der Waals surface area contributed by atoms with Gasteiger partial charge in [-0.3, -0.25) is 4.90 Å². The second-order valence-electron chi connectivity index (χ2n) is 6.07. The van der Waals surface area contributed by atoms with Gasteiger partial charge in [-0.25, -0.2) is 9.59 Å². The molecule has 0 aromatic heterocycles. The van der Waals surface area contributed by atoms with Crippen molar-refractivity contribution in [2.45, 2.75) is 39.3 Å². The van der Waals surface area contributed by atoms with E-state index in [0.29, 0.717) is 6.54 Å². The van der Waals surface area contributed by atoms with Gasteiger partial charge >= 0.3 is 12.1 Å². The Morgan fingerprint density at radius 1 is 1.33 bits per heavy atom. The molecule has 1 unspecified atom stereocenters. The first-order chi connectivity index (χ1) is 9.92. The highest BCUT2D eigenvalue weighted by Gasteiger charge is 2.45. The van der Waals surface area contributed by atoms with E-state index in [1.165, 1.54) is 4.90 Å². The molecule has 0 radical (unpaired) electrons. The number of carboxylic acids is 1. The molecule has 1 aromatic carbocycles. The Bertz CT molecular complexity index is 512. The molecule has 114 valence electrons. The lowest BCUT2D eigenvalue weighted by Crippen LogP contribution is -2.56. The van der Waals surface area contributed by atoms with Crippen molar-refractivity contribution in [1.82, 2.24) is 4.90 Å². The summed E-state index contributed by atoms with van der Waals surface area (Å²) in [6.07, 6.45) is 1.02. The molecule has 5 heteroatoms. The van der Waals surface area contributed by atoms with Gasteiger partial charge in [0.05, 0.1) is 0 Å². The normalized spacial score (nSPS) is 20.9. The van der Waals surface area contributed by atoms with Crippen LogP contribution in [-0.4, -0.2) is 34.7 Å². The lowest BCUT2D eigenvalue weighted by Gasteiger charge is -2.43. The van der Waals surface area contributed by atoms with Crippen molar-refractivity contribution < 1.29 is 19.4 Å². The molecule has 0 bridgehead atoms. The van der Waals surface area contributed by atoms with Gasteiger partial charge in [0, 0.05) is 6.54 Å². The average molecular weight is 291 g/mol. The molecule has 0 spiro atoms. The zero-order chi connectivity index (χ0) is 15.5. The molecule has 5 nitrogen and oxygen atoms in total. The molecule has 2 rings (SSSR count). The molecule has 1 fully saturated rings. The van der Waals surface area contributed by atoms with E-state index in [4.69, 9.17) is 4.74 Å². The number of piperidine rings is 1. The third-order valence-electron chi connectivity index (χ3n) is 3.95. The third-order valence-corrected chi connectivity index (χ3v) is 3.95. The Morgan fingerprint density at radius 3 is 2.62 bits per heavy atom. The molecule has 1 aliphatic rings. The summed E-state index contributed by atoms with van der Waals surface area (Å²) in [7, 11) is 0. The van der Waals surface area contributed by atoms with Crippen LogP contribution < -0.4 is 0 Å². The van der Waals surface area contributed by atoms with Gasteiger partial charge in [0.15, 0.2) is 0 Å². The number of rotatable bonds is 3. The van der Waals surface area contributed by atoms with Gasteiger partial charge in [-0.1, -0.05) is 44.2 Å². The number of aliphatic carboxylic acids is 1. The van der Waals surface area contributed by atoms with E-state index in [-0.39, 0.29) is 6.61 Å². The summed E-state index contributed by atoms with van der Waals surface area (Å²) in [6, 6.07) is 8.51. The fourth-order valence-corrected chi connectivity index (χ4v) is 2.86. The molecule has 1 heterocycles. The molecule has 1 atom stereocenters. The summed E-state index contributed by atoms with van der Waals surface area (Å²) in [5.74, 6) is -0.976. The Morgan fingerprint density at radius 2 is 2.00 bits per heavy atom. The number of benzene rings is 1. The minimum Gasteiger partial charge on any atom is -0.480 e. The van der Waals surface area contributed by atoms with Gasteiger partial charge in [-0.15, -0.1) is 0 Å². The third kappa shape index (κ3) is 3.54. The van der Waals surface area contributed by atoms with E-state index in [9.17, 15) is 14.7 Å². The second kappa shape index (κ2) is 6.16. The maximum atomic E-state index is 12.2. The summed E-state index contributed by atoms with van der Waals surface area (Å²) in [5, 5.41) is 9.43. The Balaban J connectivity index is 2.04. The molecular weight excluding hydrogens is 270 g/mol. The van der Waals surface area contributed by atoms with Crippen LogP contribution in [0.2, 0.25) is 0 Å². The van der Waals surface area contributed by atoms with Gasteiger partial charge in [0.25, 0.3) is 0 Å². The van der Waals surface area contributed by atoms with Crippen LogP contribution in [0, 0.1) is 5.41 Å². The van der Waals surface area contributed by atoms with Gasteiger partial charge < -0.3 is 9.84 Å². The first-order valence-corrected chi connectivity index (χ1v) is 7.12. The van der Waals surface area contributed by atoms with E-state index >= 15 is 0 Å². The van der Waals surface area contributed by atoms with Gasteiger partial charge in [-0.05, 0) is 23.8 Å². The number of carboxylic acid groups (broad SMARTS) is 1. The molecule has 1 aromatic rings. The highest BCUT2D eigenvalue weighted by Crippen LogP contribution is 2.35. The van der Waals surface area contributed by atoms with Gasteiger partial charge in [0.1, 0.15) is 12.6 Å². The van der Waals surface area contributed by atoms with Crippen molar-refractivity contribution in [3.05, 3.63) is 35.9 Å². The molecular formula is C16H21NO4. The zero-order valence-electron chi connectivity index (χ0n) is 12.4. The zero-order valence-corrected chi connectivity index (χ0v) is 12.4. The van der Waals surface area contributed by atoms with Crippen LogP contribution in [0.5, 0.6) is 0 Å². The number of carbonyl (C=O) groups excluding carboxylic acids is 1. The molecule has 0 aliphatic carbocycles. The predicted molar refractivity (Wildman–Crippen MR) is 77.8 cm³/mol. The van der Waals surface area contributed by atoms with Crippen molar-refractivity contribution in [2.24, 2.45) is 5.41 Å². The van der Waals surface area contributed by atoms with Crippen molar-refractivity contribution in [3.63, 3.8) is 0 Å². The van der Waals surface area contributed by atoms with Gasteiger partial charge in [-0.2, -0.15) is 0 Å². The number of hydrogen-bond donors (Lipinski definition) is 1. The molecule has 1 saturated heterocycles. The van der Waals surface area contributed by atoms with E-state index in [1.54, 1.807) is 0 Å². The van der Waals surface area contributed by atoms with Crippen LogP contribution in [0.25, 0.3) is 0 Å². The first kappa shape index (κ1) is 15.4. The number of hydrogen-bond acceptors (Lipinski definition) is 3. The van der Waals surface area contributed by atoms with Crippen LogP contribution in [0.15, 0.2) is 30.3 Å². The van der Waals surface area contributed by atoms with E-state index in [2.05, 4.69) is 0 Å². The summed E-state index contributed by atoms with van der Waals surface area (Å²) >= 11 is 0. The quantitative estimate of drug-likeness (QED) is 0.930. The fourth-order valence-electron chi connectivity index (χ4n) is 2.86. The Hall–Kier alpha value is -2.04. The fraction of sp³-hybridized carbons (Fsp3) is 0.500.